The van der Waals surface area contributed by atoms with Crippen LogP contribution >= 0.6 is 11.6 Å². The largest absolute Gasteiger partial charge is 0.489 e. The molecule has 4 aromatic carbocycles. The highest BCUT2D eigenvalue weighted by molar-refractivity contribution is 6.30. The fourth-order valence-electron chi connectivity index (χ4n) is 6.74. The van der Waals surface area contributed by atoms with Crippen LogP contribution in [-0.4, -0.2) is 16.6 Å². The molecule has 6 rings (SSSR count). The summed E-state index contributed by atoms with van der Waals surface area (Å²) >= 11 is 6.19. The van der Waals surface area contributed by atoms with Gasteiger partial charge in [-0.1, -0.05) is 84.4 Å². The van der Waals surface area contributed by atoms with Crippen LogP contribution < -0.4 is 10.1 Å². The number of hydrogen-bond donors (Lipinski definition) is 2. The van der Waals surface area contributed by atoms with Gasteiger partial charge in [0.05, 0.1) is 0 Å². The zero-order chi connectivity index (χ0) is 26.9. The van der Waals surface area contributed by atoms with E-state index in [0.717, 1.165) is 36.3 Å². The molecular weight excluding hydrogens is 506 g/mol. The third-order valence-electron chi connectivity index (χ3n) is 8.79. The molecule has 2 aliphatic rings. The number of rotatable bonds is 7. The third-order valence-corrected chi connectivity index (χ3v) is 9.02. The number of carboxylic acids is 1. The van der Waals surface area contributed by atoms with Crippen molar-refractivity contribution in [3.63, 3.8) is 0 Å². The van der Waals surface area contributed by atoms with Crippen LogP contribution in [0.1, 0.15) is 53.9 Å². The molecule has 1 saturated carbocycles. The summed E-state index contributed by atoms with van der Waals surface area (Å²) in [7, 11) is 0. The molecule has 39 heavy (non-hydrogen) atoms. The molecule has 2 aliphatic carbocycles. The highest BCUT2D eigenvalue weighted by Crippen LogP contribution is 2.58. The molecule has 0 radical (unpaired) electrons. The average Bonchev–Trinajstić information content (AvgIpc) is 3.28. The second kappa shape index (κ2) is 10.4. The van der Waals surface area contributed by atoms with E-state index >= 15 is 0 Å². The Kier molecular flexibility index (Phi) is 6.82. The Labute approximate surface area is 234 Å². The number of nitrogens with one attached hydrogen (secondary N) is 1. The van der Waals surface area contributed by atoms with Crippen LogP contribution in [0.4, 0.5) is 5.69 Å². The van der Waals surface area contributed by atoms with Crippen molar-refractivity contribution in [1.29, 1.82) is 0 Å². The highest BCUT2D eigenvalue weighted by atomic mass is 35.5. The van der Waals surface area contributed by atoms with Gasteiger partial charge >= 0.3 is 5.97 Å². The topological polar surface area (TPSA) is 58.6 Å². The normalized spacial score (nSPS) is 23.8. The summed E-state index contributed by atoms with van der Waals surface area (Å²) < 4.78 is 6.04. The molecule has 0 aliphatic heterocycles. The van der Waals surface area contributed by atoms with Crippen molar-refractivity contribution in [2.24, 2.45) is 0 Å². The molecule has 1 spiro atoms. The predicted molar refractivity (Wildman–Crippen MR) is 156 cm³/mol. The van der Waals surface area contributed by atoms with Crippen LogP contribution in [0.25, 0.3) is 0 Å². The van der Waals surface area contributed by atoms with Crippen molar-refractivity contribution in [2.45, 2.75) is 55.6 Å². The van der Waals surface area contributed by atoms with E-state index in [9.17, 15) is 9.90 Å². The van der Waals surface area contributed by atoms with E-state index in [0.29, 0.717) is 24.5 Å². The number of aliphatic carboxylic acids is 1. The van der Waals surface area contributed by atoms with Gasteiger partial charge in [0.25, 0.3) is 0 Å². The molecule has 0 unspecified atom stereocenters. The Balaban J connectivity index is 1.25. The zero-order valence-electron chi connectivity index (χ0n) is 21.8. The standard InChI is InChI=1S/C34H32ClNO3/c35-27-10-6-11-28(22-27)36-34(32(37)38)19-17-33(18-20-34)30-12-5-4-9-26(30)21-31(33)25-13-15-29(16-14-25)39-23-24-7-2-1-3-8-24/h1-16,22,31,36H,17-21,23H2,(H,37,38)/t31-,33?,34?/m0/s1. The number of fused-ring (bicyclic) bond motifs is 2. The van der Waals surface area contributed by atoms with Crippen molar-refractivity contribution < 1.29 is 14.6 Å². The van der Waals surface area contributed by atoms with E-state index in [2.05, 4.69) is 66.0 Å². The first-order chi connectivity index (χ1) is 19.0. The number of carboxylic acid groups (broad SMARTS) is 1. The summed E-state index contributed by atoms with van der Waals surface area (Å²) in [4.78, 5) is 12.7. The predicted octanol–water partition coefficient (Wildman–Crippen LogP) is 8.01. The molecule has 1 fully saturated rings. The molecule has 0 saturated heterocycles. The maximum Gasteiger partial charge on any atom is 0.329 e. The Morgan fingerprint density at radius 1 is 0.872 bits per heavy atom. The van der Waals surface area contributed by atoms with Crippen molar-refractivity contribution in [3.05, 3.63) is 130 Å². The Morgan fingerprint density at radius 2 is 1.59 bits per heavy atom. The van der Waals surface area contributed by atoms with Crippen LogP contribution in [0.5, 0.6) is 5.75 Å². The SMILES string of the molecule is O=C(O)C1(Nc2cccc(Cl)c2)CCC2(CC1)c1ccccc1C[C@H]2c1ccc(OCc2ccccc2)cc1. The summed E-state index contributed by atoms with van der Waals surface area (Å²) in [6.07, 6.45) is 3.62. The minimum Gasteiger partial charge on any atom is -0.489 e. The molecule has 4 aromatic rings. The summed E-state index contributed by atoms with van der Waals surface area (Å²) in [6, 6.07) is 34.8. The summed E-state index contributed by atoms with van der Waals surface area (Å²) in [5.41, 5.74) is 4.80. The summed E-state index contributed by atoms with van der Waals surface area (Å²) in [5.74, 6) is 0.336. The number of halogens is 1. The summed E-state index contributed by atoms with van der Waals surface area (Å²) in [5, 5.41) is 14.3. The number of hydrogen-bond acceptors (Lipinski definition) is 3. The van der Waals surface area contributed by atoms with Gasteiger partial charge < -0.3 is 15.2 Å². The minimum absolute atomic E-state index is 0.0992. The van der Waals surface area contributed by atoms with Gasteiger partial charge in [0.15, 0.2) is 0 Å². The minimum atomic E-state index is -1.02. The number of carbonyl (C=O) groups is 1. The fourth-order valence-corrected chi connectivity index (χ4v) is 6.93. The zero-order valence-corrected chi connectivity index (χ0v) is 22.5. The molecule has 0 heterocycles. The lowest BCUT2D eigenvalue weighted by Gasteiger charge is -2.47. The van der Waals surface area contributed by atoms with Crippen molar-refractivity contribution in [2.75, 3.05) is 5.32 Å². The Morgan fingerprint density at radius 3 is 2.31 bits per heavy atom. The van der Waals surface area contributed by atoms with Gasteiger partial charge in [-0.05, 0) is 90.6 Å². The van der Waals surface area contributed by atoms with Crippen LogP contribution in [0, 0.1) is 0 Å². The van der Waals surface area contributed by atoms with E-state index in [4.69, 9.17) is 16.3 Å². The Hall–Kier alpha value is -3.76. The Bertz CT molecular complexity index is 1460. The van der Waals surface area contributed by atoms with Crippen LogP contribution in [0.3, 0.4) is 0 Å². The van der Waals surface area contributed by atoms with Gasteiger partial charge in [-0.2, -0.15) is 0 Å². The molecule has 4 nitrogen and oxygen atoms in total. The first kappa shape index (κ1) is 25.5. The third kappa shape index (κ3) is 4.90. The van der Waals surface area contributed by atoms with Gasteiger partial charge in [-0.15, -0.1) is 0 Å². The molecule has 0 aromatic heterocycles. The molecule has 2 N–H and O–H groups in total. The number of anilines is 1. The van der Waals surface area contributed by atoms with Gasteiger partial charge in [-0.3, -0.25) is 0 Å². The molecular formula is C34H32ClNO3. The molecule has 0 amide bonds. The smallest absolute Gasteiger partial charge is 0.329 e. The van der Waals surface area contributed by atoms with Crippen LogP contribution in [0.2, 0.25) is 5.02 Å². The van der Waals surface area contributed by atoms with Crippen LogP contribution in [0.15, 0.2) is 103 Å². The van der Waals surface area contributed by atoms with E-state index < -0.39 is 11.5 Å². The maximum absolute atomic E-state index is 12.7. The van der Waals surface area contributed by atoms with Crippen molar-refractivity contribution >= 4 is 23.3 Å². The lowest BCUT2D eigenvalue weighted by atomic mass is 9.59. The van der Waals surface area contributed by atoms with E-state index in [-0.39, 0.29) is 11.3 Å². The molecule has 1 atom stereocenters. The lowest BCUT2D eigenvalue weighted by Crippen LogP contribution is -2.52. The van der Waals surface area contributed by atoms with E-state index in [1.54, 1.807) is 12.1 Å². The van der Waals surface area contributed by atoms with Crippen molar-refractivity contribution in [3.8, 4) is 5.75 Å². The van der Waals surface area contributed by atoms with Gasteiger partial charge in [0, 0.05) is 16.1 Å². The van der Waals surface area contributed by atoms with Crippen LogP contribution in [-0.2, 0) is 23.2 Å². The second-order valence-corrected chi connectivity index (χ2v) is 11.4. The molecule has 0 bridgehead atoms. The quantitative estimate of drug-likeness (QED) is 0.251. The van der Waals surface area contributed by atoms with Gasteiger partial charge in [0.2, 0.25) is 0 Å². The second-order valence-electron chi connectivity index (χ2n) is 10.9. The highest BCUT2D eigenvalue weighted by Gasteiger charge is 2.54. The van der Waals surface area contributed by atoms with E-state index in [1.807, 2.05) is 30.3 Å². The number of benzene rings is 4. The first-order valence-electron chi connectivity index (χ1n) is 13.6. The average molecular weight is 538 g/mol. The first-order valence-corrected chi connectivity index (χ1v) is 14.0. The molecule has 5 heteroatoms. The van der Waals surface area contributed by atoms with Gasteiger partial charge in [-0.25, -0.2) is 4.79 Å². The lowest BCUT2D eigenvalue weighted by molar-refractivity contribution is -0.144. The summed E-state index contributed by atoms with van der Waals surface area (Å²) in [6.45, 7) is 0.538. The molecule has 198 valence electrons. The fraction of sp³-hybridized carbons (Fsp3) is 0.265. The maximum atomic E-state index is 12.7. The van der Waals surface area contributed by atoms with E-state index in [1.165, 1.54) is 16.7 Å². The number of ether oxygens (including phenoxy) is 1. The van der Waals surface area contributed by atoms with Crippen molar-refractivity contribution in [1.82, 2.24) is 0 Å². The monoisotopic (exact) mass is 537 g/mol. The van der Waals surface area contributed by atoms with Gasteiger partial charge in [0.1, 0.15) is 17.9 Å².